The van der Waals surface area contributed by atoms with Gasteiger partial charge in [0.1, 0.15) is 6.04 Å². The van der Waals surface area contributed by atoms with E-state index in [2.05, 4.69) is 0 Å². The van der Waals surface area contributed by atoms with Crippen molar-refractivity contribution in [1.29, 1.82) is 0 Å². The molecule has 0 spiro atoms. The van der Waals surface area contributed by atoms with Crippen LogP contribution in [0.15, 0.2) is 0 Å². The summed E-state index contributed by atoms with van der Waals surface area (Å²) in [6.07, 6.45) is 3.28. The molecule has 0 aliphatic rings. The van der Waals surface area contributed by atoms with E-state index in [-0.39, 0.29) is 5.92 Å². The highest BCUT2D eigenvalue weighted by molar-refractivity contribution is 7.89. The smallest absolute Gasteiger partial charge is 0.320 e. The maximum Gasteiger partial charge on any atom is 0.320 e. The third kappa shape index (κ3) is 12.4. The summed E-state index contributed by atoms with van der Waals surface area (Å²) in [5.74, 6) is -0.910. The average Bonchev–Trinajstić information content (AvgIpc) is 1.84. The zero-order chi connectivity index (χ0) is 10.3. The molecule has 0 heterocycles. The van der Waals surface area contributed by atoms with Gasteiger partial charge in [0.15, 0.2) is 0 Å². The fourth-order valence-corrected chi connectivity index (χ4v) is 0.285. The van der Waals surface area contributed by atoms with Crippen molar-refractivity contribution in [2.75, 3.05) is 12.5 Å². The van der Waals surface area contributed by atoms with Crippen molar-refractivity contribution >= 4 is 17.1 Å². The van der Waals surface area contributed by atoms with E-state index in [4.69, 9.17) is 10.8 Å². The molecule has 0 aromatic carbocycles. The first kappa shape index (κ1) is 14.3. The van der Waals surface area contributed by atoms with Crippen molar-refractivity contribution in [2.45, 2.75) is 19.9 Å². The third-order valence-corrected chi connectivity index (χ3v) is 1.00. The zero-order valence-electron chi connectivity index (χ0n) is 7.90. The van der Waals surface area contributed by atoms with Crippen LogP contribution in [0.3, 0.4) is 0 Å². The van der Waals surface area contributed by atoms with E-state index in [9.17, 15) is 9.35 Å². The Balaban J connectivity index is 0. The minimum absolute atomic E-state index is 0.0208. The second-order valence-electron chi connectivity index (χ2n) is 2.85. The van der Waals surface area contributed by atoms with Gasteiger partial charge in [0.05, 0.1) is 12.5 Å². The zero-order valence-corrected chi connectivity index (χ0v) is 8.72. The van der Waals surface area contributed by atoms with E-state index in [1.807, 2.05) is 0 Å². The summed E-state index contributed by atoms with van der Waals surface area (Å²) in [5.41, 5.74) is 5.16. The monoisotopic (exact) mass is 195 g/mol. The van der Waals surface area contributed by atoms with Gasteiger partial charge >= 0.3 is 5.97 Å². The highest BCUT2D eigenvalue weighted by Crippen LogP contribution is 1.96. The number of carbonyl (C=O) groups is 1. The Morgan fingerprint density at radius 2 is 1.75 bits per heavy atom. The SMILES string of the molecule is CC(C)[C@H](N)C(=O)O.C[S+](C)[O-]. The molecule has 0 aliphatic heterocycles. The first-order valence-electron chi connectivity index (χ1n) is 3.52. The number of carboxylic acids is 1. The Kier molecular flexibility index (Phi) is 8.79. The summed E-state index contributed by atoms with van der Waals surface area (Å²) in [4.78, 5) is 10.0. The molecule has 3 N–H and O–H groups in total. The van der Waals surface area contributed by atoms with E-state index >= 15 is 0 Å². The molecule has 0 saturated heterocycles. The highest BCUT2D eigenvalue weighted by Gasteiger charge is 2.14. The summed E-state index contributed by atoms with van der Waals surface area (Å²) in [6.45, 7) is 3.55. The Hall–Kier alpha value is -0.260. The van der Waals surface area contributed by atoms with Gasteiger partial charge in [-0.1, -0.05) is 25.0 Å². The molecule has 4 nitrogen and oxygen atoms in total. The van der Waals surface area contributed by atoms with Crippen LogP contribution >= 0.6 is 0 Å². The molecule has 1 atom stereocenters. The van der Waals surface area contributed by atoms with E-state index in [0.717, 1.165) is 0 Å². The summed E-state index contributed by atoms with van der Waals surface area (Å²) in [5, 5.41) is 8.23. The largest absolute Gasteiger partial charge is 0.617 e. The van der Waals surface area contributed by atoms with E-state index < -0.39 is 23.2 Å². The number of hydrogen-bond donors (Lipinski definition) is 2. The maximum atomic E-state index is 10.0. The fourth-order valence-electron chi connectivity index (χ4n) is 0.285. The van der Waals surface area contributed by atoms with Crippen LogP contribution in [0.1, 0.15) is 13.8 Å². The number of aliphatic carboxylic acids is 1. The van der Waals surface area contributed by atoms with Crippen LogP contribution in [0.4, 0.5) is 0 Å². The van der Waals surface area contributed by atoms with Crippen molar-refractivity contribution in [3.8, 4) is 0 Å². The summed E-state index contributed by atoms with van der Waals surface area (Å²) in [7, 11) is 0. The summed E-state index contributed by atoms with van der Waals surface area (Å²) < 4.78 is 9.56. The van der Waals surface area contributed by atoms with Crippen LogP contribution in [0.25, 0.3) is 0 Å². The normalized spacial score (nSPS) is 12.3. The topological polar surface area (TPSA) is 86.4 Å². The Morgan fingerprint density at radius 1 is 1.50 bits per heavy atom. The van der Waals surface area contributed by atoms with Crippen LogP contribution in [-0.4, -0.2) is 34.2 Å². The number of nitrogens with two attached hydrogens (primary N) is 1. The Labute approximate surface area is 76.3 Å². The van der Waals surface area contributed by atoms with Gasteiger partial charge in [-0.3, -0.25) is 4.79 Å². The van der Waals surface area contributed by atoms with Crippen LogP contribution < -0.4 is 5.73 Å². The van der Waals surface area contributed by atoms with Crippen LogP contribution in [-0.2, 0) is 16.0 Å². The molecular weight excluding hydrogens is 178 g/mol. The number of carboxylic acid groups (broad SMARTS) is 1. The molecule has 74 valence electrons. The lowest BCUT2D eigenvalue weighted by atomic mass is 10.1. The van der Waals surface area contributed by atoms with Crippen molar-refractivity contribution < 1.29 is 14.5 Å². The standard InChI is InChI=1S/C5H11NO2.C2H6OS/c1-3(2)4(6)5(7)8;1-4(2)3/h3-4H,6H2,1-2H3,(H,7,8);1-2H3/t4-;/m0./s1. The van der Waals surface area contributed by atoms with Gasteiger partial charge in [0.2, 0.25) is 0 Å². The molecule has 0 unspecified atom stereocenters. The number of hydrogen-bond acceptors (Lipinski definition) is 3. The molecule has 0 fully saturated rings. The van der Waals surface area contributed by atoms with Crippen molar-refractivity contribution in [3.05, 3.63) is 0 Å². The first-order chi connectivity index (χ1) is 5.29. The summed E-state index contributed by atoms with van der Waals surface area (Å²) >= 11 is -0.611. The number of rotatable bonds is 2. The molecular formula is C7H17NO3S. The Morgan fingerprint density at radius 3 is 1.75 bits per heavy atom. The predicted octanol–water partition coefficient (Wildman–Crippen LogP) is 0.0490. The molecule has 0 saturated carbocycles. The van der Waals surface area contributed by atoms with E-state index in [1.54, 1.807) is 26.4 Å². The fraction of sp³-hybridized carbons (Fsp3) is 0.857. The van der Waals surface area contributed by atoms with Crippen LogP contribution in [0.5, 0.6) is 0 Å². The van der Waals surface area contributed by atoms with E-state index in [0.29, 0.717) is 0 Å². The van der Waals surface area contributed by atoms with Gasteiger partial charge < -0.3 is 15.4 Å². The average molecular weight is 195 g/mol. The van der Waals surface area contributed by atoms with Gasteiger partial charge in [0, 0.05) is 0 Å². The maximum absolute atomic E-state index is 10.0. The predicted molar refractivity (Wildman–Crippen MR) is 50.4 cm³/mol. The third-order valence-electron chi connectivity index (χ3n) is 1.00. The van der Waals surface area contributed by atoms with Gasteiger partial charge in [-0.15, -0.1) is 0 Å². The van der Waals surface area contributed by atoms with Gasteiger partial charge in [-0.2, -0.15) is 0 Å². The molecule has 0 amide bonds. The van der Waals surface area contributed by atoms with Crippen molar-refractivity contribution in [1.82, 2.24) is 0 Å². The second kappa shape index (κ2) is 7.39. The van der Waals surface area contributed by atoms with Gasteiger partial charge in [-0.05, 0) is 5.92 Å². The molecule has 0 rings (SSSR count). The molecule has 0 aromatic heterocycles. The van der Waals surface area contributed by atoms with Crippen LogP contribution in [0, 0.1) is 5.92 Å². The molecule has 12 heavy (non-hydrogen) atoms. The minimum atomic E-state index is -0.931. The molecule has 0 aliphatic carbocycles. The lowest BCUT2D eigenvalue weighted by molar-refractivity contribution is -0.139. The van der Waals surface area contributed by atoms with Gasteiger partial charge in [-0.25, -0.2) is 0 Å². The van der Waals surface area contributed by atoms with E-state index in [1.165, 1.54) is 0 Å². The Bertz CT molecular complexity index is 125. The molecule has 0 bridgehead atoms. The van der Waals surface area contributed by atoms with Gasteiger partial charge in [0.25, 0.3) is 0 Å². The highest BCUT2D eigenvalue weighted by atomic mass is 32.2. The van der Waals surface area contributed by atoms with Crippen LogP contribution in [0.2, 0.25) is 0 Å². The minimum Gasteiger partial charge on any atom is -0.617 e. The summed E-state index contributed by atoms with van der Waals surface area (Å²) in [6, 6.07) is -0.713. The quantitative estimate of drug-likeness (QED) is 0.609. The van der Waals surface area contributed by atoms with Crippen molar-refractivity contribution in [2.24, 2.45) is 11.7 Å². The lowest BCUT2D eigenvalue weighted by Gasteiger charge is -2.07. The molecule has 5 heteroatoms. The first-order valence-corrected chi connectivity index (χ1v) is 5.49. The van der Waals surface area contributed by atoms with Crippen molar-refractivity contribution in [3.63, 3.8) is 0 Å². The molecule has 0 aromatic rings. The lowest BCUT2D eigenvalue weighted by Crippen LogP contribution is -2.34. The second-order valence-corrected chi connectivity index (χ2v) is 4.33. The molecule has 0 radical (unpaired) electrons.